The molecule has 0 heterocycles. The second-order valence-electron chi connectivity index (χ2n) is 4.56. The van der Waals surface area contributed by atoms with Crippen LogP contribution in [0.5, 0.6) is 0 Å². The summed E-state index contributed by atoms with van der Waals surface area (Å²) in [7, 11) is 0. The highest BCUT2D eigenvalue weighted by atomic mass is 15.1. The molecular formula is C21H33N. The Morgan fingerprint density at radius 1 is 0.773 bits per heavy atom. The lowest BCUT2D eigenvalue weighted by Gasteiger charge is -2.25. The molecule has 122 valence electrons. The van der Waals surface area contributed by atoms with E-state index >= 15 is 0 Å². The molecule has 0 N–H and O–H groups in total. The molecule has 0 aliphatic heterocycles. The third-order valence-electron chi connectivity index (χ3n) is 3.34. The van der Waals surface area contributed by atoms with Crippen LogP contribution in [-0.2, 0) is 0 Å². The maximum Gasteiger partial charge on any atom is 0.0448 e. The molecule has 1 nitrogen and oxygen atoms in total. The van der Waals surface area contributed by atoms with Crippen LogP contribution in [0.4, 0.5) is 5.69 Å². The van der Waals surface area contributed by atoms with Gasteiger partial charge in [0.15, 0.2) is 0 Å². The maximum absolute atomic E-state index is 2.41. The van der Waals surface area contributed by atoms with E-state index in [1.54, 1.807) is 0 Å². The van der Waals surface area contributed by atoms with E-state index < -0.39 is 0 Å². The van der Waals surface area contributed by atoms with Crippen molar-refractivity contribution in [2.45, 2.75) is 48.5 Å². The molecule has 0 amide bonds. The predicted octanol–water partition coefficient (Wildman–Crippen LogP) is 6.56. The summed E-state index contributed by atoms with van der Waals surface area (Å²) in [4.78, 5) is 2.41. The zero-order valence-corrected chi connectivity index (χ0v) is 15.5. The summed E-state index contributed by atoms with van der Waals surface area (Å²) in [5, 5.41) is 0. The average Bonchev–Trinajstić information content (AvgIpc) is 2.60. The molecule has 0 aromatic heterocycles. The van der Waals surface area contributed by atoms with Crippen LogP contribution in [-0.4, -0.2) is 13.1 Å². The van der Waals surface area contributed by atoms with Crippen LogP contribution < -0.4 is 4.90 Å². The maximum atomic E-state index is 2.41. The highest BCUT2D eigenvalue weighted by Gasteiger charge is 2.09. The van der Waals surface area contributed by atoms with Gasteiger partial charge < -0.3 is 4.90 Å². The van der Waals surface area contributed by atoms with Crippen LogP contribution in [0.25, 0.3) is 11.1 Å². The summed E-state index contributed by atoms with van der Waals surface area (Å²) in [6.45, 7) is 16.7. The SMILES string of the molecule is CC.CC.CCN(CC)c1cc(C)ccc1-c1ccccc1. The van der Waals surface area contributed by atoms with Gasteiger partial charge in [0, 0.05) is 24.3 Å². The fourth-order valence-electron chi connectivity index (χ4n) is 2.33. The molecule has 22 heavy (non-hydrogen) atoms. The smallest absolute Gasteiger partial charge is 0.0448 e. The number of rotatable bonds is 4. The Balaban J connectivity index is 0.00000102. The van der Waals surface area contributed by atoms with Gasteiger partial charge in [-0.25, -0.2) is 0 Å². The second kappa shape index (κ2) is 11.9. The highest BCUT2D eigenvalue weighted by Crippen LogP contribution is 2.31. The van der Waals surface area contributed by atoms with Gasteiger partial charge in [-0.05, 0) is 38.0 Å². The van der Waals surface area contributed by atoms with Gasteiger partial charge in [-0.2, -0.15) is 0 Å². The molecule has 0 saturated carbocycles. The lowest BCUT2D eigenvalue weighted by molar-refractivity contribution is 0.866. The number of aryl methyl sites for hydroxylation is 1. The minimum atomic E-state index is 1.04. The lowest BCUT2D eigenvalue weighted by atomic mass is 10.0. The Morgan fingerprint density at radius 3 is 1.82 bits per heavy atom. The molecule has 1 heteroatoms. The minimum absolute atomic E-state index is 1.04. The van der Waals surface area contributed by atoms with Crippen molar-refractivity contribution in [1.29, 1.82) is 0 Å². The monoisotopic (exact) mass is 299 g/mol. The molecule has 0 radical (unpaired) electrons. The van der Waals surface area contributed by atoms with Crippen molar-refractivity contribution in [3.8, 4) is 11.1 Å². The van der Waals surface area contributed by atoms with E-state index in [1.165, 1.54) is 22.4 Å². The molecule has 0 bridgehead atoms. The fraction of sp³-hybridized carbons (Fsp3) is 0.429. The molecule has 0 spiro atoms. The van der Waals surface area contributed by atoms with Crippen molar-refractivity contribution in [3.05, 3.63) is 54.1 Å². The van der Waals surface area contributed by atoms with Crippen LogP contribution in [0.3, 0.4) is 0 Å². The zero-order valence-electron chi connectivity index (χ0n) is 15.5. The number of anilines is 1. The molecule has 2 aromatic carbocycles. The van der Waals surface area contributed by atoms with Gasteiger partial charge in [0.25, 0.3) is 0 Å². The van der Waals surface area contributed by atoms with Crippen LogP contribution in [0, 0.1) is 6.92 Å². The molecule has 0 unspecified atom stereocenters. The quantitative estimate of drug-likeness (QED) is 0.618. The van der Waals surface area contributed by atoms with Crippen molar-refractivity contribution in [3.63, 3.8) is 0 Å². The predicted molar refractivity (Wildman–Crippen MR) is 103 cm³/mol. The summed E-state index contributed by atoms with van der Waals surface area (Å²) in [6.07, 6.45) is 0. The first-order chi connectivity index (χ1) is 10.8. The first-order valence-corrected chi connectivity index (χ1v) is 8.67. The summed E-state index contributed by atoms with van der Waals surface area (Å²) < 4.78 is 0. The first-order valence-electron chi connectivity index (χ1n) is 8.67. The van der Waals surface area contributed by atoms with E-state index in [1.807, 2.05) is 27.7 Å². The molecule has 0 atom stereocenters. The Morgan fingerprint density at radius 2 is 1.32 bits per heavy atom. The largest absolute Gasteiger partial charge is 0.372 e. The van der Waals surface area contributed by atoms with Gasteiger partial charge in [-0.1, -0.05) is 70.2 Å². The third-order valence-corrected chi connectivity index (χ3v) is 3.34. The first kappa shape index (κ1) is 20.2. The molecular weight excluding hydrogens is 266 g/mol. The van der Waals surface area contributed by atoms with Crippen molar-refractivity contribution < 1.29 is 0 Å². The zero-order chi connectivity index (χ0) is 17.0. The molecule has 0 saturated heterocycles. The van der Waals surface area contributed by atoms with E-state index in [9.17, 15) is 0 Å². The van der Waals surface area contributed by atoms with E-state index in [2.05, 4.69) is 74.2 Å². The highest BCUT2D eigenvalue weighted by molar-refractivity contribution is 5.79. The Bertz CT molecular complexity index is 499. The Hall–Kier alpha value is -1.76. The Labute approximate surface area is 138 Å². The van der Waals surface area contributed by atoms with Crippen LogP contribution in [0.2, 0.25) is 0 Å². The molecule has 2 rings (SSSR count). The standard InChI is InChI=1S/C17H21N.2C2H6/c1-4-18(5-2)17-13-14(3)11-12-16(17)15-9-7-6-8-10-15;2*1-2/h6-13H,4-5H2,1-3H3;2*1-2H3. The molecule has 2 aromatic rings. The van der Waals surface area contributed by atoms with Gasteiger partial charge in [0.05, 0.1) is 0 Å². The van der Waals surface area contributed by atoms with Crippen LogP contribution in [0.15, 0.2) is 48.5 Å². The van der Waals surface area contributed by atoms with Crippen LogP contribution in [0.1, 0.15) is 47.1 Å². The Kier molecular flexibility index (Phi) is 10.9. The number of benzene rings is 2. The van der Waals surface area contributed by atoms with Crippen molar-refractivity contribution in [1.82, 2.24) is 0 Å². The number of nitrogens with zero attached hydrogens (tertiary/aromatic N) is 1. The fourth-order valence-corrected chi connectivity index (χ4v) is 2.33. The normalized spacial score (nSPS) is 9.05. The van der Waals surface area contributed by atoms with Crippen molar-refractivity contribution in [2.24, 2.45) is 0 Å². The van der Waals surface area contributed by atoms with Crippen molar-refractivity contribution in [2.75, 3.05) is 18.0 Å². The van der Waals surface area contributed by atoms with E-state index in [0.717, 1.165) is 13.1 Å². The summed E-state index contributed by atoms with van der Waals surface area (Å²) >= 11 is 0. The van der Waals surface area contributed by atoms with Gasteiger partial charge in [-0.3, -0.25) is 0 Å². The summed E-state index contributed by atoms with van der Waals surface area (Å²) in [5.74, 6) is 0. The molecule has 0 fully saturated rings. The van der Waals surface area contributed by atoms with Gasteiger partial charge in [0.2, 0.25) is 0 Å². The number of hydrogen-bond donors (Lipinski definition) is 0. The van der Waals surface area contributed by atoms with Gasteiger partial charge >= 0.3 is 0 Å². The topological polar surface area (TPSA) is 3.24 Å². The molecule has 0 aliphatic rings. The van der Waals surface area contributed by atoms with Crippen LogP contribution >= 0.6 is 0 Å². The second-order valence-corrected chi connectivity index (χ2v) is 4.56. The van der Waals surface area contributed by atoms with Gasteiger partial charge in [0.1, 0.15) is 0 Å². The number of hydrogen-bond acceptors (Lipinski definition) is 1. The minimum Gasteiger partial charge on any atom is -0.372 e. The summed E-state index contributed by atoms with van der Waals surface area (Å²) in [6, 6.07) is 17.3. The van der Waals surface area contributed by atoms with Gasteiger partial charge in [-0.15, -0.1) is 0 Å². The van der Waals surface area contributed by atoms with E-state index in [-0.39, 0.29) is 0 Å². The third kappa shape index (κ3) is 5.55. The van der Waals surface area contributed by atoms with E-state index in [0.29, 0.717) is 0 Å². The van der Waals surface area contributed by atoms with E-state index in [4.69, 9.17) is 0 Å². The lowest BCUT2D eigenvalue weighted by Crippen LogP contribution is -2.22. The average molecular weight is 300 g/mol. The molecule has 0 aliphatic carbocycles. The van der Waals surface area contributed by atoms with Crippen molar-refractivity contribution >= 4 is 5.69 Å². The summed E-state index contributed by atoms with van der Waals surface area (Å²) in [5.41, 5.74) is 5.27.